The Balaban J connectivity index is 2.18. The van der Waals surface area contributed by atoms with Gasteiger partial charge < -0.3 is 0 Å². The van der Waals surface area contributed by atoms with Gasteiger partial charge in [0.25, 0.3) is 0 Å². The molecule has 98 valence electrons. The molecule has 18 heavy (non-hydrogen) atoms. The van der Waals surface area contributed by atoms with Crippen molar-refractivity contribution in [2.45, 2.75) is 32.2 Å². The zero-order valence-corrected chi connectivity index (χ0v) is 11.9. The van der Waals surface area contributed by atoms with Crippen molar-refractivity contribution in [1.82, 2.24) is 19.9 Å². The van der Waals surface area contributed by atoms with Crippen molar-refractivity contribution in [2.75, 3.05) is 0 Å². The summed E-state index contributed by atoms with van der Waals surface area (Å²) >= 11 is 1.47. The zero-order valence-electron chi connectivity index (χ0n) is 10.3. The van der Waals surface area contributed by atoms with Gasteiger partial charge in [-0.3, -0.25) is 5.10 Å². The molecule has 0 atom stereocenters. The molecule has 0 radical (unpaired) electrons. The first kappa shape index (κ1) is 13.2. The lowest BCUT2D eigenvalue weighted by molar-refractivity contribution is 0.580. The normalized spacial score (nSPS) is 11.9. The fraction of sp³-hybridized carbons (Fsp3) is 0.400. The van der Waals surface area contributed by atoms with Gasteiger partial charge in [-0.15, -0.1) is 11.3 Å². The molecule has 0 aliphatic rings. The third kappa shape index (κ3) is 2.60. The number of aryl methyl sites for hydroxylation is 3. The smallest absolute Gasteiger partial charge is 0.244 e. The van der Waals surface area contributed by atoms with Gasteiger partial charge in [0.05, 0.1) is 16.4 Å². The molecule has 0 aliphatic heterocycles. The summed E-state index contributed by atoms with van der Waals surface area (Å²) in [5.41, 5.74) is 1.01. The van der Waals surface area contributed by atoms with Crippen LogP contribution in [0.5, 0.6) is 0 Å². The van der Waals surface area contributed by atoms with Crippen molar-refractivity contribution >= 4 is 21.4 Å². The zero-order chi connectivity index (χ0) is 13.3. The van der Waals surface area contributed by atoms with Crippen LogP contribution in [0.1, 0.15) is 21.3 Å². The number of nitrogens with zero attached hydrogens (tertiary/aromatic N) is 2. The summed E-state index contributed by atoms with van der Waals surface area (Å²) in [6.07, 6.45) is 1.68. The molecule has 2 aromatic rings. The van der Waals surface area contributed by atoms with Gasteiger partial charge in [0.15, 0.2) is 0 Å². The number of sulfonamides is 1. The molecule has 0 aliphatic carbocycles. The van der Waals surface area contributed by atoms with Crippen molar-refractivity contribution in [3.63, 3.8) is 0 Å². The standard InChI is InChI=1S/C10H14N4O2S2/c1-6-10(7(2)14-13-6)18(15,16)12-5-9-4-11-8(3)17-9/h4,12H,5H2,1-3H3,(H,13,14). The van der Waals surface area contributed by atoms with E-state index in [0.29, 0.717) is 11.4 Å². The molecule has 0 spiro atoms. The van der Waals surface area contributed by atoms with Gasteiger partial charge >= 0.3 is 0 Å². The maximum atomic E-state index is 12.1. The van der Waals surface area contributed by atoms with E-state index in [1.807, 2.05) is 6.92 Å². The topological polar surface area (TPSA) is 87.7 Å². The highest BCUT2D eigenvalue weighted by Crippen LogP contribution is 2.17. The predicted molar refractivity (Wildman–Crippen MR) is 68.9 cm³/mol. The fourth-order valence-electron chi connectivity index (χ4n) is 1.66. The van der Waals surface area contributed by atoms with Crippen LogP contribution in [0.3, 0.4) is 0 Å². The first-order chi connectivity index (χ1) is 8.40. The van der Waals surface area contributed by atoms with Gasteiger partial charge in [-0.25, -0.2) is 18.1 Å². The maximum absolute atomic E-state index is 12.1. The molecule has 2 heterocycles. The number of aromatic amines is 1. The Morgan fingerprint density at radius 3 is 2.61 bits per heavy atom. The molecule has 0 saturated heterocycles. The number of nitrogens with one attached hydrogen (secondary N) is 2. The van der Waals surface area contributed by atoms with Crippen LogP contribution in [-0.2, 0) is 16.6 Å². The van der Waals surface area contributed by atoms with Crippen LogP contribution in [0.2, 0.25) is 0 Å². The molecule has 0 amide bonds. The van der Waals surface area contributed by atoms with Crippen molar-refractivity contribution in [1.29, 1.82) is 0 Å². The summed E-state index contributed by atoms with van der Waals surface area (Å²) in [5.74, 6) is 0. The average molecular weight is 286 g/mol. The second-order valence-electron chi connectivity index (χ2n) is 3.93. The second-order valence-corrected chi connectivity index (χ2v) is 6.96. The van der Waals surface area contributed by atoms with E-state index in [1.54, 1.807) is 20.0 Å². The Morgan fingerprint density at radius 1 is 1.39 bits per heavy atom. The third-order valence-corrected chi connectivity index (χ3v) is 5.01. The molecule has 2 N–H and O–H groups in total. The average Bonchev–Trinajstić information content (AvgIpc) is 2.83. The Morgan fingerprint density at radius 2 is 2.11 bits per heavy atom. The Labute approximate surface area is 110 Å². The number of H-pyrrole nitrogens is 1. The van der Waals surface area contributed by atoms with E-state index >= 15 is 0 Å². The molecule has 0 fully saturated rings. The van der Waals surface area contributed by atoms with E-state index in [0.717, 1.165) is 9.88 Å². The molecule has 2 rings (SSSR count). The van der Waals surface area contributed by atoms with Crippen LogP contribution in [0.4, 0.5) is 0 Å². The SMILES string of the molecule is Cc1ncc(CNS(=O)(=O)c2c(C)n[nH]c2C)s1. The minimum absolute atomic E-state index is 0.226. The number of thiazole rings is 1. The molecule has 8 heteroatoms. The molecular formula is C10H14N4O2S2. The summed E-state index contributed by atoms with van der Waals surface area (Å²) in [6.45, 7) is 5.48. The lowest BCUT2D eigenvalue weighted by Gasteiger charge is -2.05. The van der Waals surface area contributed by atoms with E-state index in [1.165, 1.54) is 11.3 Å². The van der Waals surface area contributed by atoms with Crippen LogP contribution < -0.4 is 4.72 Å². The molecular weight excluding hydrogens is 272 g/mol. The minimum atomic E-state index is -3.53. The van der Waals surface area contributed by atoms with Gasteiger partial charge in [0.1, 0.15) is 4.90 Å². The van der Waals surface area contributed by atoms with Gasteiger partial charge in [0, 0.05) is 17.6 Å². The van der Waals surface area contributed by atoms with Crippen LogP contribution in [0.15, 0.2) is 11.1 Å². The first-order valence-corrected chi connectivity index (χ1v) is 7.62. The van der Waals surface area contributed by atoms with Crippen LogP contribution in [-0.4, -0.2) is 23.6 Å². The molecule has 0 aromatic carbocycles. The number of rotatable bonds is 4. The van der Waals surface area contributed by atoms with E-state index < -0.39 is 10.0 Å². The lowest BCUT2D eigenvalue weighted by Crippen LogP contribution is -2.23. The predicted octanol–water partition coefficient (Wildman–Crippen LogP) is 1.27. The van der Waals surface area contributed by atoms with Crippen molar-refractivity contribution in [3.05, 3.63) is 27.5 Å². The monoisotopic (exact) mass is 286 g/mol. The first-order valence-electron chi connectivity index (χ1n) is 5.32. The Kier molecular flexibility index (Phi) is 3.51. The number of hydrogen-bond acceptors (Lipinski definition) is 5. The quantitative estimate of drug-likeness (QED) is 0.886. The van der Waals surface area contributed by atoms with Gasteiger partial charge in [0.2, 0.25) is 10.0 Å². The molecule has 0 saturated carbocycles. The van der Waals surface area contributed by atoms with Crippen molar-refractivity contribution in [3.8, 4) is 0 Å². The maximum Gasteiger partial charge on any atom is 0.244 e. The second kappa shape index (κ2) is 4.79. The van der Waals surface area contributed by atoms with E-state index in [9.17, 15) is 8.42 Å². The Hall–Kier alpha value is -1.25. The molecule has 0 bridgehead atoms. The number of aromatic nitrogens is 3. The van der Waals surface area contributed by atoms with Crippen molar-refractivity contribution < 1.29 is 8.42 Å². The largest absolute Gasteiger partial charge is 0.281 e. The van der Waals surface area contributed by atoms with Crippen LogP contribution in [0.25, 0.3) is 0 Å². The van der Waals surface area contributed by atoms with Gasteiger partial charge in [-0.1, -0.05) is 0 Å². The van der Waals surface area contributed by atoms with Crippen LogP contribution >= 0.6 is 11.3 Å². The summed E-state index contributed by atoms with van der Waals surface area (Å²) in [4.78, 5) is 5.19. The van der Waals surface area contributed by atoms with Crippen LogP contribution in [0, 0.1) is 20.8 Å². The summed E-state index contributed by atoms with van der Waals surface area (Å²) in [7, 11) is -3.53. The molecule has 6 nitrogen and oxygen atoms in total. The van der Waals surface area contributed by atoms with Crippen molar-refractivity contribution in [2.24, 2.45) is 0 Å². The summed E-state index contributed by atoms with van der Waals surface area (Å²) < 4.78 is 26.8. The van der Waals surface area contributed by atoms with E-state index in [-0.39, 0.29) is 11.4 Å². The van der Waals surface area contributed by atoms with E-state index in [4.69, 9.17) is 0 Å². The van der Waals surface area contributed by atoms with Gasteiger partial charge in [-0.2, -0.15) is 5.10 Å². The minimum Gasteiger partial charge on any atom is -0.281 e. The summed E-state index contributed by atoms with van der Waals surface area (Å²) in [6, 6.07) is 0. The fourth-order valence-corrected chi connectivity index (χ4v) is 3.86. The summed E-state index contributed by atoms with van der Waals surface area (Å²) in [5, 5.41) is 7.47. The van der Waals surface area contributed by atoms with E-state index in [2.05, 4.69) is 19.9 Å². The lowest BCUT2D eigenvalue weighted by atomic mass is 10.4. The molecule has 2 aromatic heterocycles. The Bertz CT molecular complexity index is 638. The highest BCUT2D eigenvalue weighted by atomic mass is 32.2. The highest BCUT2D eigenvalue weighted by Gasteiger charge is 2.21. The molecule has 0 unspecified atom stereocenters. The third-order valence-electron chi connectivity index (χ3n) is 2.43. The highest BCUT2D eigenvalue weighted by molar-refractivity contribution is 7.89. The number of hydrogen-bond donors (Lipinski definition) is 2. The van der Waals surface area contributed by atoms with Gasteiger partial charge in [-0.05, 0) is 20.8 Å².